The van der Waals surface area contributed by atoms with Gasteiger partial charge in [-0.15, -0.1) is 0 Å². The molecule has 1 aromatic rings. The van der Waals surface area contributed by atoms with E-state index in [4.69, 9.17) is 9.84 Å². The van der Waals surface area contributed by atoms with Gasteiger partial charge in [0.25, 0.3) is 0 Å². The molecule has 0 aliphatic heterocycles. The van der Waals surface area contributed by atoms with Gasteiger partial charge in [0.15, 0.2) is 0 Å². The van der Waals surface area contributed by atoms with Gasteiger partial charge in [-0.1, -0.05) is 0 Å². The van der Waals surface area contributed by atoms with E-state index in [2.05, 4.69) is 5.32 Å². The molecule has 5 nitrogen and oxygen atoms in total. The number of hydrogen-bond donors (Lipinski definition) is 2. The van der Waals surface area contributed by atoms with Crippen molar-refractivity contribution in [3.63, 3.8) is 0 Å². The molecule has 2 atom stereocenters. The third-order valence-electron chi connectivity index (χ3n) is 3.21. The highest BCUT2D eigenvalue weighted by Gasteiger charge is 2.48. The average molecular weight is 263 g/mol. The average Bonchev–Trinajstić information content (AvgIpc) is 3.13. The van der Waals surface area contributed by atoms with Crippen molar-refractivity contribution < 1.29 is 19.4 Å². The first-order valence-corrected chi connectivity index (χ1v) is 6.30. The smallest absolute Gasteiger partial charge is 0.307 e. The Labute approximate surface area is 111 Å². The van der Waals surface area contributed by atoms with Gasteiger partial charge in [0.05, 0.1) is 18.4 Å². The Balaban J connectivity index is 2.00. The van der Waals surface area contributed by atoms with Crippen molar-refractivity contribution in [2.24, 2.45) is 11.8 Å². The monoisotopic (exact) mass is 263 g/mol. The molecule has 1 aromatic carbocycles. The summed E-state index contributed by atoms with van der Waals surface area (Å²) in [6, 6.07) is 5.41. The number of rotatable bonds is 5. The van der Waals surface area contributed by atoms with Crippen LogP contribution in [0.15, 0.2) is 18.2 Å². The van der Waals surface area contributed by atoms with E-state index in [0.29, 0.717) is 18.7 Å². The molecular weight excluding hydrogens is 246 g/mol. The molecule has 1 amide bonds. The molecule has 2 rings (SSSR count). The fourth-order valence-electron chi connectivity index (χ4n) is 2.02. The Kier molecular flexibility index (Phi) is 3.74. The Bertz CT molecular complexity index is 512. The van der Waals surface area contributed by atoms with E-state index in [9.17, 15) is 9.59 Å². The summed E-state index contributed by atoms with van der Waals surface area (Å²) >= 11 is 0. The number of carboxylic acids is 1. The minimum Gasteiger partial charge on any atom is -0.494 e. The second-order valence-electron chi connectivity index (χ2n) is 4.69. The van der Waals surface area contributed by atoms with Crippen LogP contribution in [0.5, 0.6) is 5.75 Å². The van der Waals surface area contributed by atoms with Crippen LogP contribution < -0.4 is 10.1 Å². The zero-order valence-electron chi connectivity index (χ0n) is 11.0. The quantitative estimate of drug-likeness (QED) is 0.852. The second-order valence-corrected chi connectivity index (χ2v) is 4.69. The maximum atomic E-state index is 11.8. The van der Waals surface area contributed by atoms with Gasteiger partial charge in [0.2, 0.25) is 5.91 Å². The molecule has 0 spiro atoms. The number of carbonyl (C=O) groups is 2. The number of aryl methyl sites for hydroxylation is 1. The Morgan fingerprint density at radius 2 is 2.16 bits per heavy atom. The van der Waals surface area contributed by atoms with Gasteiger partial charge < -0.3 is 15.2 Å². The van der Waals surface area contributed by atoms with Crippen LogP contribution in [0.1, 0.15) is 18.9 Å². The molecule has 2 unspecified atom stereocenters. The van der Waals surface area contributed by atoms with E-state index >= 15 is 0 Å². The zero-order chi connectivity index (χ0) is 14.0. The summed E-state index contributed by atoms with van der Waals surface area (Å²) in [6.45, 7) is 4.37. The SMILES string of the molecule is CCOc1ccc(NC(=O)C2CC2C(=O)O)c(C)c1. The van der Waals surface area contributed by atoms with Crippen LogP contribution in [0.4, 0.5) is 5.69 Å². The molecule has 0 aromatic heterocycles. The largest absolute Gasteiger partial charge is 0.494 e. The number of aliphatic carboxylic acids is 1. The molecule has 102 valence electrons. The molecular formula is C14H17NO4. The van der Waals surface area contributed by atoms with Gasteiger partial charge in [0.1, 0.15) is 5.75 Å². The fourth-order valence-corrected chi connectivity index (χ4v) is 2.02. The standard InChI is InChI=1S/C14H17NO4/c1-3-19-9-4-5-12(8(2)6-9)15-13(16)10-7-11(10)14(17)18/h4-6,10-11H,3,7H2,1-2H3,(H,15,16)(H,17,18). The molecule has 1 saturated carbocycles. The van der Waals surface area contributed by atoms with Crippen molar-refractivity contribution >= 4 is 17.6 Å². The predicted molar refractivity (Wildman–Crippen MR) is 70.2 cm³/mol. The number of ether oxygens (including phenoxy) is 1. The number of nitrogens with one attached hydrogen (secondary N) is 1. The van der Waals surface area contributed by atoms with Crippen LogP contribution in [0.2, 0.25) is 0 Å². The summed E-state index contributed by atoms with van der Waals surface area (Å²) in [5.74, 6) is -1.29. The fraction of sp³-hybridized carbons (Fsp3) is 0.429. The number of amides is 1. The van der Waals surface area contributed by atoms with Crippen LogP contribution in [0.3, 0.4) is 0 Å². The number of hydrogen-bond acceptors (Lipinski definition) is 3. The molecule has 0 heterocycles. The topological polar surface area (TPSA) is 75.6 Å². The minimum absolute atomic E-state index is 0.223. The van der Waals surface area contributed by atoms with Gasteiger partial charge in [0, 0.05) is 5.69 Å². The molecule has 1 aliphatic carbocycles. The highest BCUT2D eigenvalue weighted by molar-refractivity contribution is 5.98. The van der Waals surface area contributed by atoms with Gasteiger partial charge in [-0.25, -0.2) is 0 Å². The van der Waals surface area contributed by atoms with Crippen LogP contribution in [-0.4, -0.2) is 23.6 Å². The van der Waals surface area contributed by atoms with Crippen molar-refractivity contribution in [2.45, 2.75) is 20.3 Å². The van der Waals surface area contributed by atoms with Crippen molar-refractivity contribution in [2.75, 3.05) is 11.9 Å². The lowest BCUT2D eigenvalue weighted by atomic mass is 10.2. The molecule has 0 radical (unpaired) electrons. The molecule has 1 fully saturated rings. The first-order valence-electron chi connectivity index (χ1n) is 6.30. The molecule has 1 aliphatic rings. The van der Waals surface area contributed by atoms with Crippen LogP contribution in [0, 0.1) is 18.8 Å². The first kappa shape index (κ1) is 13.4. The third-order valence-corrected chi connectivity index (χ3v) is 3.21. The summed E-state index contributed by atoms with van der Waals surface area (Å²) in [6.07, 6.45) is 0.428. The summed E-state index contributed by atoms with van der Waals surface area (Å²) in [5.41, 5.74) is 1.59. The van der Waals surface area contributed by atoms with E-state index in [1.807, 2.05) is 19.9 Å². The normalized spacial score (nSPS) is 20.7. The number of benzene rings is 1. The van der Waals surface area contributed by atoms with Gasteiger partial charge in [-0.3, -0.25) is 9.59 Å². The van der Waals surface area contributed by atoms with Crippen LogP contribution in [0.25, 0.3) is 0 Å². The molecule has 0 bridgehead atoms. The maximum absolute atomic E-state index is 11.8. The zero-order valence-corrected chi connectivity index (χ0v) is 11.0. The van der Waals surface area contributed by atoms with E-state index in [-0.39, 0.29) is 5.91 Å². The molecule has 0 saturated heterocycles. The Hall–Kier alpha value is -2.04. The van der Waals surface area contributed by atoms with E-state index < -0.39 is 17.8 Å². The van der Waals surface area contributed by atoms with E-state index in [0.717, 1.165) is 11.3 Å². The lowest BCUT2D eigenvalue weighted by Gasteiger charge is -2.10. The predicted octanol–water partition coefficient (Wildman–Crippen LogP) is 2.05. The number of anilines is 1. The van der Waals surface area contributed by atoms with Crippen LogP contribution >= 0.6 is 0 Å². The summed E-state index contributed by atoms with van der Waals surface area (Å²) in [7, 11) is 0. The van der Waals surface area contributed by atoms with E-state index in [1.165, 1.54) is 0 Å². The third kappa shape index (κ3) is 3.05. The van der Waals surface area contributed by atoms with Crippen molar-refractivity contribution in [3.05, 3.63) is 23.8 Å². The van der Waals surface area contributed by atoms with Crippen molar-refractivity contribution in [3.8, 4) is 5.75 Å². The highest BCUT2D eigenvalue weighted by atomic mass is 16.5. The highest BCUT2D eigenvalue weighted by Crippen LogP contribution is 2.39. The summed E-state index contributed by atoms with van der Waals surface area (Å²) in [5, 5.41) is 11.6. The Morgan fingerprint density at radius 3 is 2.68 bits per heavy atom. The van der Waals surface area contributed by atoms with Gasteiger partial charge >= 0.3 is 5.97 Å². The lowest BCUT2D eigenvalue weighted by Crippen LogP contribution is -2.17. The lowest BCUT2D eigenvalue weighted by molar-refractivity contribution is -0.139. The Morgan fingerprint density at radius 1 is 1.42 bits per heavy atom. The van der Waals surface area contributed by atoms with Crippen molar-refractivity contribution in [1.82, 2.24) is 0 Å². The van der Waals surface area contributed by atoms with E-state index in [1.54, 1.807) is 12.1 Å². The second kappa shape index (κ2) is 5.30. The molecule has 2 N–H and O–H groups in total. The summed E-state index contributed by atoms with van der Waals surface area (Å²) < 4.78 is 5.36. The first-order chi connectivity index (χ1) is 9.02. The maximum Gasteiger partial charge on any atom is 0.307 e. The number of carboxylic acid groups (broad SMARTS) is 1. The number of carbonyl (C=O) groups excluding carboxylic acids is 1. The molecule has 19 heavy (non-hydrogen) atoms. The van der Waals surface area contributed by atoms with Gasteiger partial charge in [-0.2, -0.15) is 0 Å². The van der Waals surface area contributed by atoms with Gasteiger partial charge in [-0.05, 0) is 44.0 Å². The van der Waals surface area contributed by atoms with Crippen molar-refractivity contribution in [1.29, 1.82) is 0 Å². The minimum atomic E-state index is -0.899. The summed E-state index contributed by atoms with van der Waals surface area (Å²) in [4.78, 5) is 22.6. The molecule has 5 heteroatoms. The van der Waals surface area contributed by atoms with Crippen LogP contribution in [-0.2, 0) is 9.59 Å².